The predicted octanol–water partition coefficient (Wildman–Crippen LogP) is 1.37. The maximum absolute atomic E-state index is 13.2. The lowest BCUT2D eigenvalue weighted by Gasteiger charge is -2.06. The van der Waals surface area contributed by atoms with E-state index in [0.29, 0.717) is 0 Å². The molecule has 0 amide bonds. The molecule has 1 aromatic rings. The Hall–Kier alpha value is -1.93. The summed E-state index contributed by atoms with van der Waals surface area (Å²) >= 11 is 0. The zero-order valence-electron chi connectivity index (χ0n) is 8.66. The summed E-state index contributed by atoms with van der Waals surface area (Å²) in [6.07, 6.45) is 0. The summed E-state index contributed by atoms with van der Waals surface area (Å²) in [5.74, 6) is -1.42. The molecule has 0 atom stereocenters. The molecule has 0 aliphatic heterocycles. The molecule has 5 heteroatoms. The highest BCUT2D eigenvalue weighted by molar-refractivity contribution is 5.92. The molecule has 1 aromatic carbocycles. The van der Waals surface area contributed by atoms with Gasteiger partial charge in [0.2, 0.25) is 0 Å². The van der Waals surface area contributed by atoms with Gasteiger partial charge in [0.05, 0.1) is 24.3 Å². The number of aliphatic hydroxyl groups excluding tert-OH is 1. The summed E-state index contributed by atoms with van der Waals surface area (Å²) in [6, 6.07) is 3.75. The van der Waals surface area contributed by atoms with Gasteiger partial charge in [-0.25, -0.2) is 9.18 Å². The monoisotopic (exact) mass is 223 g/mol. The molecule has 1 N–H and O–H groups in total. The number of carbonyl (C=O) groups is 1. The summed E-state index contributed by atoms with van der Waals surface area (Å²) in [4.78, 5) is 11.4. The smallest absolute Gasteiger partial charge is 0.339 e. The van der Waals surface area contributed by atoms with Gasteiger partial charge in [0.25, 0.3) is 0 Å². The van der Waals surface area contributed by atoms with Gasteiger partial charge in [-0.15, -0.1) is 0 Å². The van der Waals surface area contributed by atoms with Crippen LogP contribution in [0.2, 0.25) is 0 Å². The highest BCUT2D eigenvalue weighted by Crippen LogP contribution is 2.16. The normalized spacial score (nSPS) is 9.62. The number of halogens is 1. The van der Waals surface area contributed by atoms with Crippen LogP contribution in [0.1, 0.15) is 28.4 Å². The number of nitrogens with zero attached hydrogens (tertiary/aromatic N) is 1. The van der Waals surface area contributed by atoms with E-state index in [4.69, 9.17) is 15.1 Å². The summed E-state index contributed by atoms with van der Waals surface area (Å²) in [7, 11) is 0. The summed E-state index contributed by atoms with van der Waals surface area (Å²) in [5, 5.41) is 17.6. The number of carbonyl (C=O) groups excluding carboxylic acids is 1. The molecular formula is C11H10FNO3. The fraction of sp³-hybridized carbons (Fsp3) is 0.273. The van der Waals surface area contributed by atoms with Crippen molar-refractivity contribution in [3.8, 4) is 6.07 Å². The van der Waals surface area contributed by atoms with Gasteiger partial charge in [-0.1, -0.05) is 0 Å². The molecule has 0 aliphatic carbocycles. The van der Waals surface area contributed by atoms with Crippen LogP contribution in [0, 0.1) is 17.1 Å². The SMILES string of the molecule is CCOC(=O)c1cc(CO)c(F)cc1C#N. The van der Waals surface area contributed by atoms with Gasteiger partial charge in [0.1, 0.15) is 11.9 Å². The Balaban J connectivity index is 3.26. The molecule has 0 bridgehead atoms. The second-order valence-corrected chi connectivity index (χ2v) is 2.98. The van der Waals surface area contributed by atoms with Crippen molar-refractivity contribution in [2.24, 2.45) is 0 Å². The predicted molar refractivity (Wildman–Crippen MR) is 53.0 cm³/mol. The fourth-order valence-electron chi connectivity index (χ4n) is 1.21. The van der Waals surface area contributed by atoms with Crippen molar-refractivity contribution in [1.29, 1.82) is 5.26 Å². The van der Waals surface area contributed by atoms with Crippen molar-refractivity contribution in [3.63, 3.8) is 0 Å². The Labute approximate surface area is 91.9 Å². The highest BCUT2D eigenvalue weighted by atomic mass is 19.1. The van der Waals surface area contributed by atoms with Crippen molar-refractivity contribution in [1.82, 2.24) is 0 Å². The molecule has 16 heavy (non-hydrogen) atoms. The average molecular weight is 223 g/mol. The number of nitriles is 1. The van der Waals surface area contributed by atoms with Crippen molar-refractivity contribution < 1.29 is 19.0 Å². The topological polar surface area (TPSA) is 70.3 Å². The molecule has 1 rings (SSSR count). The van der Waals surface area contributed by atoms with Crippen LogP contribution < -0.4 is 0 Å². The van der Waals surface area contributed by atoms with Gasteiger partial charge in [-0.2, -0.15) is 5.26 Å². The Morgan fingerprint density at radius 1 is 1.62 bits per heavy atom. The van der Waals surface area contributed by atoms with Gasteiger partial charge in [-0.05, 0) is 19.1 Å². The fourth-order valence-corrected chi connectivity index (χ4v) is 1.21. The van der Waals surface area contributed by atoms with Crippen LogP contribution in [-0.2, 0) is 11.3 Å². The molecule has 0 aromatic heterocycles. The Morgan fingerprint density at radius 2 is 2.31 bits per heavy atom. The zero-order valence-corrected chi connectivity index (χ0v) is 8.66. The quantitative estimate of drug-likeness (QED) is 0.785. The summed E-state index contributed by atoms with van der Waals surface area (Å²) in [5.41, 5.74) is -0.176. The number of esters is 1. The van der Waals surface area contributed by atoms with Crippen molar-refractivity contribution in [2.45, 2.75) is 13.5 Å². The molecule has 0 radical (unpaired) electrons. The summed E-state index contributed by atoms with van der Waals surface area (Å²) in [6.45, 7) is 1.25. The van der Waals surface area contributed by atoms with E-state index in [0.717, 1.165) is 12.1 Å². The van der Waals surface area contributed by atoms with Gasteiger partial charge >= 0.3 is 5.97 Å². The van der Waals surface area contributed by atoms with Crippen molar-refractivity contribution in [2.75, 3.05) is 6.61 Å². The molecule has 0 heterocycles. The van der Waals surface area contributed by atoms with E-state index >= 15 is 0 Å². The molecule has 0 unspecified atom stereocenters. The Morgan fingerprint density at radius 3 is 2.81 bits per heavy atom. The first-order valence-corrected chi connectivity index (χ1v) is 4.64. The summed E-state index contributed by atoms with van der Waals surface area (Å²) < 4.78 is 17.9. The van der Waals surface area contributed by atoms with Crippen LogP contribution in [0.25, 0.3) is 0 Å². The largest absolute Gasteiger partial charge is 0.462 e. The first-order chi connectivity index (χ1) is 7.63. The average Bonchev–Trinajstić information content (AvgIpc) is 2.28. The molecular weight excluding hydrogens is 213 g/mol. The Kier molecular flexibility index (Phi) is 3.97. The van der Waals surface area contributed by atoms with Crippen LogP contribution in [-0.4, -0.2) is 17.7 Å². The number of aliphatic hydroxyl groups is 1. The standard InChI is InChI=1S/C11H10FNO3/c1-2-16-11(15)9-3-8(6-14)10(12)4-7(9)5-13/h3-4,14H,2,6H2,1H3. The first kappa shape index (κ1) is 12.1. The number of benzene rings is 1. The number of hydrogen-bond donors (Lipinski definition) is 1. The van der Waals surface area contributed by atoms with E-state index in [2.05, 4.69) is 0 Å². The molecule has 0 spiro atoms. The molecule has 0 aliphatic rings. The van der Waals surface area contributed by atoms with Gasteiger partial charge in [0, 0.05) is 5.56 Å². The highest BCUT2D eigenvalue weighted by Gasteiger charge is 2.16. The van der Waals surface area contributed by atoms with E-state index in [9.17, 15) is 9.18 Å². The minimum atomic E-state index is -0.716. The van der Waals surface area contributed by atoms with E-state index in [1.54, 1.807) is 13.0 Å². The second kappa shape index (κ2) is 5.24. The minimum Gasteiger partial charge on any atom is -0.462 e. The third-order valence-corrected chi connectivity index (χ3v) is 1.97. The maximum atomic E-state index is 13.2. The minimum absolute atomic E-state index is 0.0326. The van der Waals surface area contributed by atoms with Crippen LogP contribution in [0.5, 0.6) is 0 Å². The Bertz CT molecular complexity index is 451. The molecule has 0 fully saturated rings. The van der Waals surface area contributed by atoms with Gasteiger partial charge < -0.3 is 9.84 Å². The van der Waals surface area contributed by atoms with Crippen LogP contribution in [0.3, 0.4) is 0 Å². The van der Waals surface area contributed by atoms with Crippen LogP contribution >= 0.6 is 0 Å². The van der Waals surface area contributed by atoms with Crippen molar-refractivity contribution >= 4 is 5.97 Å². The third kappa shape index (κ3) is 2.35. The molecule has 0 saturated carbocycles. The number of rotatable bonds is 3. The zero-order chi connectivity index (χ0) is 12.1. The first-order valence-electron chi connectivity index (χ1n) is 4.64. The molecule has 0 saturated heterocycles. The van der Waals surface area contributed by atoms with Crippen LogP contribution in [0.4, 0.5) is 4.39 Å². The lowest BCUT2D eigenvalue weighted by molar-refractivity contribution is 0.0525. The van der Waals surface area contributed by atoms with E-state index in [1.807, 2.05) is 0 Å². The third-order valence-electron chi connectivity index (χ3n) is 1.97. The lowest BCUT2D eigenvalue weighted by atomic mass is 10.0. The molecule has 84 valence electrons. The van der Waals surface area contributed by atoms with E-state index in [-0.39, 0.29) is 23.3 Å². The van der Waals surface area contributed by atoms with Crippen LogP contribution in [0.15, 0.2) is 12.1 Å². The van der Waals surface area contributed by atoms with E-state index in [1.165, 1.54) is 0 Å². The maximum Gasteiger partial charge on any atom is 0.339 e. The number of ether oxygens (including phenoxy) is 1. The van der Waals surface area contributed by atoms with Gasteiger partial charge in [0.15, 0.2) is 0 Å². The molecule has 4 nitrogen and oxygen atoms in total. The lowest BCUT2D eigenvalue weighted by Crippen LogP contribution is -2.09. The number of hydrogen-bond acceptors (Lipinski definition) is 4. The van der Waals surface area contributed by atoms with E-state index < -0.39 is 18.4 Å². The second-order valence-electron chi connectivity index (χ2n) is 2.98. The van der Waals surface area contributed by atoms with Gasteiger partial charge in [-0.3, -0.25) is 0 Å². The van der Waals surface area contributed by atoms with Crippen molar-refractivity contribution in [3.05, 3.63) is 34.6 Å².